The summed E-state index contributed by atoms with van der Waals surface area (Å²) >= 11 is 1.33. The van der Waals surface area contributed by atoms with E-state index in [4.69, 9.17) is 4.74 Å². The molecule has 0 saturated carbocycles. The minimum absolute atomic E-state index is 0.0524. The average Bonchev–Trinajstić information content (AvgIpc) is 3.27. The van der Waals surface area contributed by atoms with E-state index in [2.05, 4.69) is 32.6 Å². The molecule has 162 valence electrons. The van der Waals surface area contributed by atoms with Gasteiger partial charge in [-0.3, -0.25) is 14.3 Å². The van der Waals surface area contributed by atoms with Gasteiger partial charge in [0.25, 0.3) is 0 Å². The zero-order chi connectivity index (χ0) is 22.2. The number of thioether (sulfide) groups is 1. The van der Waals surface area contributed by atoms with E-state index in [9.17, 15) is 4.79 Å². The van der Waals surface area contributed by atoms with Gasteiger partial charge in [0.15, 0.2) is 11.0 Å². The molecule has 4 aromatic rings. The normalized spacial score (nSPS) is 10.7. The van der Waals surface area contributed by atoms with Gasteiger partial charge in [-0.15, -0.1) is 10.2 Å². The first kappa shape index (κ1) is 21.6. The number of methoxy groups -OCH3 is 1. The molecule has 0 fully saturated rings. The Morgan fingerprint density at radius 1 is 1.03 bits per heavy atom. The molecule has 1 N–H and O–H groups in total. The second-order valence-corrected chi connectivity index (χ2v) is 7.87. The van der Waals surface area contributed by atoms with E-state index in [1.54, 1.807) is 19.5 Å². The Morgan fingerprint density at radius 2 is 1.84 bits per heavy atom. The van der Waals surface area contributed by atoms with Crippen molar-refractivity contribution in [3.05, 3.63) is 84.7 Å². The molecule has 8 heteroatoms. The second-order valence-electron chi connectivity index (χ2n) is 6.93. The lowest BCUT2D eigenvalue weighted by Gasteiger charge is -2.13. The fourth-order valence-corrected chi connectivity index (χ4v) is 4.02. The Morgan fingerprint density at radius 3 is 2.62 bits per heavy atom. The number of hydrogen-bond acceptors (Lipinski definition) is 6. The third-order valence-electron chi connectivity index (χ3n) is 4.79. The van der Waals surface area contributed by atoms with E-state index >= 15 is 0 Å². The van der Waals surface area contributed by atoms with Crippen LogP contribution in [0.5, 0.6) is 5.75 Å². The number of benzene rings is 2. The number of amides is 1. The molecule has 0 atom stereocenters. The predicted molar refractivity (Wildman–Crippen MR) is 125 cm³/mol. The van der Waals surface area contributed by atoms with Crippen molar-refractivity contribution < 1.29 is 9.53 Å². The van der Waals surface area contributed by atoms with E-state index < -0.39 is 0 Å². The van der Waals surface area contributed by atoms with Crippen molar-refractivity contribution in [1.29, 1.82) is 0 Å². The quantitative estimate of drug-likeness (QED) is 0.395. The predicted octanol–water partition coefficient (Wildman–Crippen LogP) is 3.79. The van der Waals surface area contributed by atoms with Gasteiger partial charge in [-0.05, 0) is 36.2 Å². The maximum Gasteiger partial charge on any atom is 0.230 e. The second kappa shape index (κ2) is 10.6. The first-order valence-electron chi connectivity index (χ1n) is 10.2. The molecule has 0 spiro atoms. The van der Waals surface area contributed by atoms with Gasteiger partial charge < -0.3 is 10.1 Å². The number of hydrogen-bond donors (Lipinski definition) is 1. The Hall–Kier alpha value is -3.65. The molecule has 0 aliphatic carbocycles. The van der Waals surface area contributed by atoms with E-state index in [0.717, 1.165) is 17.7 Å². The highest BCUT2D eigenvalue weighted by Gasteiger charge is 2.19. The Labute approximate surface area is 190 Å². The van der Waals surface area contributed by atoms with Crippen molar-refractivity contribution in [1.82, 2.24) is 25.1 Å². The van der Waals surface area contributed by atoms with Crippen molar-refractivity contribution in [3.8, 4) is 22.8 Å². The lowest BCUT2D eigenvalue weighted by molar-refractivity contribution is -0.118. The number of pyridine rings is 1. The summed E-state index contributed by atoms with van der Waals surface area (Å²) in [5.41, 5.74) is 2.81. The number of nitrogens with one attached hydrogen (secondary N) is 1. The number of aromatic nitrogens is 4. The lowest BCUT2D eigenvalue weighted by Crippen LogP contribution is -2.27. The van der Waals surface area contributed by atoms with Gasteiger partial charge >= 0.3 is 0 Å². The van der Waals surface area contributed by atoms with Crippen LogP contribution in [-0.2, 0) is 11.2 Å². The third-order valence-corrected chi connectivity index (χ3v) is 5.72. The third kappa shape index (κ3) is 5.15. The van der Waals surface area contributed by atoms with Crippen LogP contribution in [-0.4, -0.2) is 45.1 Å². The summed E-state index contributed by atoms with van der Waals surface area (Å²) < 4.78 is 7.46. The minimum atomic E-state index is -0.0524. The number of para-hydroxylation sites is 2. The molecule has 2 aromatic heterocycles. The average molecular weight is 446 g/mol. The van der Waals surface area contributed by atoms with Gasteiger partial charge in [0.2, 0.25) is 5.91 Å². The van der Waals surface area contributed by atoms with Crippen LogP contribution >= 0.6 is 11.8 Å². The number of carbonyl (C=O) groups excluding carboxylic acids is 1. The van der Waals surface area contributed by atoms with Crippen LogP contribution in [0, 0.1) is 0 Å². The van der Waals surface area contributed by atoms with Gasteiger partial charge in [0.1, 0.15) is 5.75 Å². The van der Waals surface area contributed by atoms with Crippen molar-refractivity contribution in [3.63, 3.8) is 0 Å². The molecular weight excluding hydrogens is 422 g/mol. The van der Waals surface area contributed by atoms with Crippen LogP contribution in [0.4, 0.5) is 0 Å². The van der Waals surface area contributed by atoms with Gasteiger partial charge in [-0.25, -0.2) is 0 Å². The van der Waals surface area contributed by atoms with E-state index in [1.807, 2.05) is 59.2 Å². The topological polar surface area (TPSA) is 81.9 Å². The fraction of sp³-hybridized carbons (Fsp3) is 0.167. The molecule has 0 unspecified atom stereocenters. The van der Waals surface area contributed by atoms with Crippen molar-refractivity contribution >= 4 is 17.7 Å². The van der Waals surface area contributed by atoms with Crippen LogP contribution < -0.4 is 10.1 Å². The van der Waals surface area contributed by atoms with Gasteiger partial charge in [-0.2, -0.15) is 0 Å². The van der Waals surface area contributed by atoms with Crippen molar-refractivity contribution in [2.24, 2.45) is 0 Å². The smallest absolute Gasteiger partial charge is 0.230 e. The monoisotopic (exact) mass is 445 g/mol. The van der Waals surface area contributed by atoms with Crippen LogP contribution in [0.1, 0.15) is 5.56 Å². The molecule has 32 heavy (non-hydrogen) atoms. The molecular formula is C24H23N5O2S. The Balaban J connectivity index is 1.51. The van der Waals surface area contributed by atoms with Crippen LogP contribution in [0.2, 0.25) is 0 Å². The molecule has 0 bridgehead atoms. The maximum absolute atomic E-state index is 12.4. The van der Waals surface area contributed by atoms with E-state index in [0.29, 0.717) is 23.3 Å². The van der Waals surface area contributed by atoms with Gasteiger partial charge in [0, 0.05) is 24.5 Å². The van der Waals surface area contributed by atoms with Crippen molar-refractivity contribution in [2.75, 3.05) is 19.4 Å². The van der Waals surface area contributed by atoms with Crippen LogP contribution in [0.25, 0.3) is 17.1 Å². The first-order chi connectivity index (χ1) is 15.8. The highest BCUT2D eigenvalue weighted by molar-refractivity contribution is 7.99. The molecule has 2 aromatic carbocycles. The molecule has 0 saturated heterocycles. The Bertz CT molecular complexity index is 1170. The molecule has 2 heterocycles. The molecule has 4 rings (SSSR count). The maximum atomic E-state index is 12.4. The molecule has 1 amide bonds. The van der Waals surface area contributed by atoms with Crippen LogP contribution in [0.15, 0.2) is 84.3 Å². The number of nitrogens with zero attached hydrogens (tertiary/aromatic N) is 4. The molecule has 7 nitrogen and oxygen atoms in total. The summed E-state index contributed by atoms with van der Waals surface area (Å²) in [6, 6.07) is 21.5. The Kier molecular flexibility index (Phi) is 7.14. The standard InChI is InChI=1S/C24H23N5O2S/c1-31-21-12-6-5-11-20(21)29-23(19-10-7-14-25-16-19)27-28-24(29)32-17-22(30)26-15-13-18-8-3-2-4-9-18/h2-12,14,16H,13,15,17H2,1H3,(H,26,30). The van der Waals surface area contributed by atoms with Crippen LogP contribution in [0.3, 0.4) is 0 Å². The summed E-state index contributed by atoms with van der Waals surface area (Å²) in [6.07, 6.45) is 4.24. The first-order valence-corrected chi connectivity index (χ1v) is 11.2. The van der Waals surface area contributed by atoms with Gasteiger partial charge in [-0.1, -0.05) is 54.2 Å². The summed E-state index contributed by atoms with van der Waals surface area (Å²) in [7, 11) is 1.62. The summed E-state index contributed by atoms with van der Waals surface area (Å²) in [4.78, 5) is 16.6. The zero-order valence-corrected chi connectivity index (χ0v) is 18.5. The SMILES string of the molecule is COc1ccccc1-n1c(SCC(=O)NCCc2ccccc2)nnc1-c1cccnc1. The number of carbonyl (C=O) groups is 1. The highest BCUT2D eigenvalue weighted by Crippen LogP contribution is 2.32. The number of rotatable bonds is 9. The molecule has 0 radical (unpaired) electrons. The van der Waals surface area contributed by atoms with E-state index in [-0.39, 0.29) is 11.7 Å². The highest BCUT2D eigenvalue weighted by atomic mass is 32.2. The lowest BCUT2D eigenvalue weighted by atomic mass is 10.1. The summed E-state index contributed by atoms with van der Waals surface area (Å²) in [5, 5.41) is 12.3. The van der Waals surface area contributed by atoms with E-state index in [1.165, 1.54) is 17.3 Å². The van der Waals surface area contributed by atoms with Gasteiger partial charge in [0.05, 0.1) is 18.6 Å². The molecule has 0 aliphatic rings. The largest absolute Gasteiger partial charge is 0.495 e. The summed E-state index contributed by atoms with van der Waals surface area (Å²) in [5.74, 6) is 1.50. The number of ether oxygens (including phenoxy) is 1. The minimum Gasteiger partial charge on any atom is -0.495 e. The zero-order valence-electron chi connectivity index (χ0n) is 17.6. The summed E-state index contributed by atoms with van der Waals surface area (Å²) in [6.45, 7) is 0.587. The van der Waals surface area contributed by atoms with Crippen molar-refractivity contribution in [2.45, 2.75) is 11.6 Å². The molecule has 0 aliphatic heterocycles. The fourth-order valence-electron chi connectivity index (χ4n) is 3.25.